The van der Waals surface area contributed by atoms with Crippen molar-refractivity contribution in [2.45, 2.75) is 80.9 Å². The van der Waals surface area contributed by atoms with Crippen LogP contribution < -0.4 is 5.32 Å². The number of alkyl halides is 4. The van der Waals surface area contributed by atoms with Gasteiger partial charge in [0.05, 0.1) is 28.1 Å². The molecule has 0 radical (unpaired) electrons. The van der Waals surface area contributed by atoms with Crippen LogP contribution in [0, 0.1) is 5.92 Å². The van der Waals surface area contributed by atoms with Gasteiger partial charge >= 0.3 is 0 Å². The summed E-state index contributed by atoms with van der Waals surface area (Å²) < 4.78 is 94.1. The van der Waals surface area contributed by atoms with Gasteiger partial charge < -0.3 is 14.8 Å². The summed E-state index contributed by atoms with van der Waals surface area (Å²) in [6, 6.07) is 5.97. The fourth-order valence-corrected chi connectivity index (χ4v) is 6.56. The van der Waals surface area contributed by atoms with Crippen LogP contribution in [0.25, 0.3) is 11.2 Å². The molecule has 1 N–H and O–H groups in total. The number of nitrogens with one attached hydrogen (secondary N) is 1. The Kier molecular flexibility index (Phi) is 7.96. The van der Waals surface area contributed by atoms with Gasteiger partial charge in [-0.05, 0) is 62.3 Å². The van der Waals surface area contributed by atoms with Crippen LogP contribution in [0.1, 0.15) is 80.8 Å². The Labute approximate surface area is 245 Å². The second-order valence-electron chi connectivity index (χ2n) is 11.6. The number of nitrogens with zero attached hydrogens (tertiary/aromatic N) is 3. The van der Waals surface area contributed by atoms with Crippen molar-refractivity contribution in [3.63, 3.8) is 0 Å². The smallest absolute Gasteiger partial charge is 0.295 e. The van der Waals surface area contributed by atoms with Gasteiger partial charge in [-0.15, -0.1) is 0 Å². The number of carbonyl (C=O) groups excluding carboxylic acids is 1. The van der Waals surface area contributed by atoms with Crippen LogP contribution in [0.15, 0.2) is 29.2 Å². The number of anilines is 2. The van der Waals surface area contributed by atoms with Gasteiger partial charge in [-0.1, -0.05) is 6.07 Å². The monoisotopic (exact) mass is 624 g/mol. The molecule has 1 aliphatic carbocycles. The predicted octanol–water partition coefficient (Wildman–Crippen LogP) is 6.22. The number of fused-ring (bicyclic) bond motifs is 1. The summed E-state index contributed by atoms with van der Waals surface area (Å²) in [5.41, 5.74) is 1.27. The van der Waals surface area contributed by atoms with E-state index >= 15 is 0 Å². The van der Waals surface area contributed by atoms with Crippen LogP contribution in [0.5, 0.6) is 0 Å². The van der Waals surface area contributed by atoms with Gasteiger partial charge in [-0.2, -0.15) is 0 Å². The van der Waals surface area contributed by atoms with E-state index < -0.39 is 46.9 Å². The average molecular weight is 625 g/mol. The van der Waals surface area contributed by atoms with Gasteiger partial charge in [0.1, 0.15) is 24.1 Å². The number of ketones is 1. The van der Waals surface area contributed by atoms with Crippen molar-refractivity contribution in [3.8, 4) is 0 Å². The standard InChI is InChI=1S/C29H32F4N4O5S/c1-43(39,40)23-12-17(22-9-10-29(32,33)15-42-22)7-8-19(23)35-20-13-18(14-21(38)16-5-6-16)34-27-25(20)36-28(26(30)31)37(27)24-4-2-3-11-41-24/h7-8,12-13,16,22,24,26H,2-6,9-11,14-15H2,1H3,(H,34,35). The lowest BCUT2D eigenvalue weighted by molar-refractivity contribution is -0.145. The zero-order valence-electron chi connectivity index (χ0n) is 23.5. The van der Waals surface area contributed by atoms with Crippen molar-refractivity contribution >= 4 is 38.2 Å². The number of pyridine rings is 1. The van der Waals surface area contributed by atoms with Gasteiger partial charge in [-0.25, -0.2) is 35.9 Å². The molecule has 0 amide bonds. The summed E-state index contributed by atoms with van der Waals surface area (Å²) >= 11 is 0. The summed E-state index contributed by atoms with van der Waals surface area (Å²) in [5.74, 6) is -3.53. The summed E-state index contributed by atoms with van der Waals surface area (Å²) in [6.07, 6.45) is -0.106. The fourth-order valence-electron chi connectivity index (χ4n) is 5.69. The number of imidazole rings is 1. The normalized spacial score (nSPS) is 22.7. The maximum Gasteiger partial charge on any atom is 0.295 e. The molecule has 3 aliphatic rings. The number of sulfone groups is 1. The Morgan fingerprint density at radius 1 is 1.09 bits per heavy atom. The van der Waals surface area contributed by atoms with E-state index in [0.29, 0.717) is 24.3 Å². The second-order valence-corrected chi connectivity index (χ2v) is 13.5. The molecule has 9 nitrogen and oxygen atoms in total. The van der Waals surface area contributed by atoms with Crippen molar-refractivity contribution in [3.05, 3.63) is 41.3 Å². The SMILES string of the molecule is CS(=O)(=O)c1cc(C2CCC(F)(F)CO2)ccc1Nc1cc(CC(=O)C2CC2)nc2c1nc(C(F)F)n2C1CCCCO1. The van der Waals surface area contributed by atoms with E-state index in [1.165, 1.54) is 22.8 Å². The maximum absolute atomic E-state index is 14.3. The number of rotatable bonds is 9. The number of aromatic nitrogens is 3. The molecular weight excluding hydrogens is 592 g/mol. The minimum absolute atomic E-state index is 0.00824. The van der Waals surface area contributed by atoms with Crippen molar-refractivity contribution in [1.29, 1.82) is 0 Å². The predicted molar refractivity (Wildman–Crippen MR) is 148 cm³/mol. The van der Waals surface area contributed by atoms with Gasteiger partial charge in [0, 0.05) is 31.6 Å². The molecule has 2 atom stereocenters. The first-order chi connectivity index (χ1) is 20.4. The van der Waals surface area contributed by atoms with Crippen LogP contribution in [-0.2, 0) is 30.5 Å². The van der Waals surface area contributed by atoms with E-state index in [0.717, 1.165) is 31.9 Å². The number of ether oxygens (including phenoxy) is 2. The molecule has 2 saturated heterocycles. The average Bonchev–Trinajstić information content (AvgIpc) is 3.73. The highest BCUT2D eigenvalue weighted by atomic mass is 32.2. The highest BCUT2D eigenvalue weighted by Crippen LogP contribution is 2.40. The third kappa shape index (κ3) is 6.41. The number of carbonyl (C=O) groups is 1. The molecule has 1 saturated carbocycles. The van der Waals surface area contributed by atoms with Gasteiger partial charge in [-0.3, -0.25) is 9.36 Å². The lowest BCUT2D eigenvalue weighted by atomic mass is 9.99. The molecule has 2 aliphatic heterocycles. The van der Waals surface area contributed by atoms with Gasteiger partial charge in [0.25, 0.3) is 12.3 Å². The van der Waals surface area contributed by atoms with Crippen molar-refractivity contribution in [2.24, 2.45) is 5.92 Å². The summed E-state index contributed by atoms with van der Waals surface area (Å²) in [6.45, 7) is -0.368. The molecule has 0 bridgehead atoms. The maximum atomic E-state index is 14.3. The lowest BCUT2D eigenvalue weighted by Gasteiger charge is -2.29. The van der Waals surface area contributed by atoms with Crippen LogP contribution in [0.4, 0.5) is 28.9 Å². The highest BCUT2D eigenvalue weighted by Gasteiger charge is 2.37. The van der Waals surface area contributed by atoms with E-state index in [2.05, 4.69) is 15.3 Å². The third-order valence-electron chi connectivity index (χ3n) is 8.07. The first kappa shape index (κ1) is 29.9. The Morgan fingerprint density at radius 2 is 1.88 bits per heavy atom. The molecule has 43 heavy (non-hydrogen) atoms. The molecule has 0 spiro atoms. The molecule has 4 heterocycles. The summed E-state index contributed by atoms with van der Waals surface area (Å²) in [4.78, 5) is 21.4. The van der Waals surface area contributed by atoms with Crippen LogP contribution in [0.3, 0.4) is 0 Å². The number of hydrogen-bond donors (Lipinski definition) is 1. The highest BCUT2D eigenvalue weighted by molar-refractivity contribution is 7.90. The third-order valence-corrected chi connectivity index (χ3v) is 9.21. The Bertz CT molecular complexity index is 1640. The van der Waals surface area contributed by atoms with Crippen LogP contribution in [-0.4, -0.2) is 54.1 Å². The van der Waals surface area contributed by atoms with Gasteiger partial charge in [0.2, 0.25) is 0 Å². The first-order valence-corrected chi connectivity index (χ1v) is 16.2. The Balaban J connectivity index is 1.44. The Hall–Kier alpha value is -3.10. The van der Waals surface area contributed by atoms with E-state index in [4.69, 9.17) is 9.47 Å². The van der Waals surface area contributed by atoms with Gasteiger partial charge in [0.15, 0.2) is 21.3 Å². The van der Waals surface area contributed by atoms with Crippen molar-refractivity contribution < 1.29 is 40.2 Å². The molecular formula is C29H32F4N4O5S. The van der Waals surface area contributed by atoms with E-state index in [9.17, 15) is 30.8 Å². The number of hydrogen-bond acceptors (Lipinski definition) is 8. The summed E-state index contributed by atoms with van der Waals surface area (Å²) in [7, 11) is -3.86. The Morgan fingerprint density at radius 3 is 2.51 bits per heavy atom. The minimum atomic E-state index is -3.86. The van der Waals surface area contributed by atoms with E-state index in [1.807, 2.05) is 0 Å². The molecule has 232 valence electrons. The molecule has 3 fully saturated rings. The molecule has 14 heteroatoms. The zero-order chi connectivity index (χ0) is 30.5. The topological polar surface area (TPSA) is 112 Å². The lowest BCUT2D eigenvalue weighted by Crippen LogP contribution is -2.31. The fraction of sp³-hybridized carbons (Fsp3) is 0.552. The number of benzene rings is 1. The quantitative estimate of drug-likeness (QED) is 0.279. The number of halogens is 4. The molecule has 2 aromatic heterocycles. The second kappa shape index (κ2) is 11.4. The zero-order valence-corrected chi connectivity index (χ0v) is 24.3. The molecule has 2 unspecified atom stereocenters. The van der Waals surface area contributed by atoms with Crippen molar-refractivity contribution in [1.82, 2.24) is 14.5 Å². The molecule has 3 aromatic rings. The first-order valence-electron chi connectivity index (χ1n) is 14.3. The summed E-state index contributed by atoms with van der Waals surface area (Å²) in [5, 5.41) is 3.05. The van der Waals surface area contributed by atoms with E-state index in [1.54, 1.807) is 6.07 Å². The molecule has 1 aromatic carbocycles. The van der Waals surface area contributed by atoms with E-state index in [-0.39, 0.29) is 58.4 Å². The number of Topliss-reactive ketones (excluding diaryl/α,β-unsaturated/α-hetero) is 1. The minimum Gasteiger partial charge on any atom is -0.367 e. The van der Waals surface area contributed by atoms with Crippen LogP contribution in [0.2, 0.25) is 0 Å². The molecule has 6 rings (SSSR count). The largest absolute Gasteiger partial charge is 0.367 e. The van der Waals surface area contributed by atoms with Crippen molar-refractivity contribution in [2.75, 3.05) is 24.8 Å². The van der Waals surface area contributed by atoms with Crippen LogP contribution >= 0.6 is 0 Å².